The summed E-state index contributed by atoms with van der Waals surface area (Å²) in [5, 5.41) is 4.90. The van der Waals surface area contributed by atoms with Crippen molar-refractivity contribution in [3.05, 3.63) is 105 Å². The van der Waals surface area contributed by atoms with E-state index in [0.29, 0.717) is 53.8 Å². The molecular weight excluding hydrogens is 682 g/mol. The number of hydrogen-bond acceptors (Lipinski definition) is 7. The largest absolute Gasteiger partial charge is 0.497 e. The average molecular weight is 707 g/mol. The van der Waals surface area contributed by atoms with Crippen LogP contribution in [0, 0.1) is 0 Å². The quantitative estimate of drug-likeness (QED) is 0.0717. The highest BCUT2D eigenvalue weighted by Crippen LogP contribution is 2.42. The number of aromatic nitrogens is 1. The van der Waals surface area contributed by atoms with E-state index >= 15 is 0 Å². The van der Waals surface area contributed by atoms with Gasteiger partial charge >= 0.3 is 5.97 Å². The van der Waals surface area contributed by atoms with Crippen LogP contribution in [0.5, 0.6) is 23.0 Å². The fourth-order valence-corrected chi connectivity index (χ4v) is 5.89. The number of carbonyl (C=O) groups excluding carboxylic acids is 2. The Morgan fingerprint density at radius 3 is 2.33 bits per heavy atom. The molecule has 0 fully saturated rings. The highest BCUT2D eigenvalue weighted by atomic mass is 79.9. The Morgan fingerprint density at radius 2 is 1.60 bits per heavy atom. The molecule has 0 aliphatic rings. The normalized spacial score (nSPS) is 11.0. The number of aromatic amines is 1. The first-order chi connectivity index (χ1) is 20.8. The van der Waals surface area contributed by atoms with Gasteiger partial charge in [0, 0.05) is 15.6 Å². The molecule has 2 N–H and O–H groups in total. The highest BCUT2D eigenvalue weighted by molar-refractivity contribution is 9.11. The van der Waals surface area contributed by atoms with Crippen molar-refractivity contribution >= 4 is 60.9 Å². The second-order valence-electron chi connectivity index (χ2n) is 9.09. The van der Waals surface area contributed by atoms with Gasteiger partial charge in [-0.2, -0.15) is 5.10 Å². The van der Waals surface area contributed by atoms with E-state index in [2.05, 4.69) is 47.4 Å². The van der Waals surface area contributed by atoms with E-state index in [1.54, 1.807) is 62.8 Å². The topological polar surface area (TPSA) is 111 Å². The predicted molar refractivity (Wildman–Crippen MR) is 172 cm³/mol. The number of halogens is 2. The molecule has 9 nitrogen and oxygen atoms in total. The van der Waals surface area contributed by atoms with Crippen molar-refractivity contribution in [3.8, 4) is 34.1 Å². The third-order valence-corrected chi connectivity index (χ3v) is 7.56. The summed E-state index contributed by atoms with van der Waals surface area (Å²) in [5.41, 5.74) is 5.64. The van der Waals surface area contributed by atoms with Crippen molar-refractivity contribution in [2.75, 3.05) is 21.3 Å². The minimum atomic E-state index is -0.589. The molecule has 0 aliphatic carbocycles. The lowest BCUT2D eigenvalue weighted by molar-refractivity contribution is 0.0732. The molecule has 0 unspecified atom stereocenters. The molecule has 11 heteroatoms. The number of ether oxygens (including phenoxy) is 4. The number of carbonyl (C=O) groups is 2. The lowest BCUT2D eigenvalue weighted by Crippen LogP contribution is -2.19. The van der Waals surface area contributed by atoms with Gasteiger partial charge in [-0.1, -0.05) is 52.3 Å². The molecule has 0 spiro atoms. The van der Waals surface area contributed by atoms with E-state index in [4.69, 9.17) is 18.9 Å². The minimum absolute atomic E-state index is 0.221. The molecule has 5 aromatic rings. The summed E-state index contributed by atoms with van der Waals surface area (Å²) in [4.78, 5) is 29.7. The summed E-state index contributed by atoms with van der Waals surface area (Å²) in [7, 11) is 4.65. The Labute approximate surface area is 264 Å². The number of fused-ring (bicyclic) bond motifs is 1. The van der Waals surface area contributed by atoms with Gasteiger partial charge in [0.05, 0.1) is 48.5 Å². The maximum atomic E-state index is 13.6. The Hall–Kier alpha value is -4.61. The Kier molecular flexibility index (Phi) is 9.13. The first-order valence-corrected chi connectivity index (χ1v) is 14.4. The van der Waals surface area contributed by atoms with Gasteiger partial charge < -0.3 is 23.9 Å². The molecule has 1 aromatic heterocycles. The number of hydrazone groups is 1. The van der Waals surface area contributed by atoms with Gasteiger partial charge in [0.2, 0.25) is 0 Å². The van der Waals surface area contributed by atoms with Crippen LogP contribution in [0.15, 0.2) is 92.9 Å². The number of hydrogen-bond donors (Lipinski definition) is 2. The number of methoxy groups -OCH3 is 3. The second-order valence-corrected chi connectivity index (χ2v) is 10.9. The predicted octanol–water partition coefficient (Wildman–Crippen LogP) is 7.37. The Balaban J connectivity index is 1.48. The molecule has 0 saturated heterocycles. The van der Waals surface area contributed by atoms with Crippen LogP contribution in [-0.2, 0) is 0 Å². The number of nitrogens with one attached hydrogen (secondary N) is 2. The standard InChI is InChI=1S/C32H25Br2N3O6/c1-40-22-11-7-10-19(15-22)32(39)43-30-20(14-21(33)16-23(30)34)17-35-37-31(38)29-26(18-8-5-4-6-9-18)27-24(41-2)12-13-25(42-3)28(27)36-29/h4-17,36H,1-3H3,(H,37,38). The summed E-state index contributed by atoms with van der Waals surface area (Å²) < 4.78 is 23.3. The number of benzene rings is 4. The molecule has 1 amide bonds. The summed E-state index contributed by atoms with van der Waals surface area (Å²) in [6.07, 6.45) is 1.40. The van der Waals surface area contributed by atoms with Crippen LogP contribution in [0.25, 0.3) is 22.0 Å². The molecule has 0 radical (unpaired) electrons. The van der Waals surface area contributed by atoms with E-state index in [1.807, 2.05) is 30.3 Å². The van der Waals surface area contributed by atoms with Gasteiger partial charge in [-0.25, -0.2) is 10.2 Å². The van der Waals surface area contributed by atoms with Gasteiger partial charge in [0.1, 0.15) is 22.9 Å². The van der Waals surface area contributed by atoms with Crippen LogP contribution in [0.2, 0.25) is 0 Å². The van der Waals surface area contributed by atoms with Crippen LogP contribution in [0.1, 0.15) is 26.4 Å². The SMILES string of the molecule is COc1cccc(C(=O)Oc2c(Br)cc(Br)cc2C=NNC(=O)c2[nH]c3c(OC)ccc(OC)c3c2-c2ccccc2)c1. The summed E-state index contributed by atoms with van der Waals surface area (Å²) in [6, 6.07) is 23.1. The van der Waals surface area contributed by atoms with Crippen molar-refractivity contribution in [1.29, 1.82) is 0 Å². The summed E-state index contributed by atoms with van der Waals surface area (Å²) >= 11 is 6.91. The van der Waals surface area contributed by atoms with E-state index < -0.39 is 11.9 Å². The van der Waals surface area contributed by atoms with Crippen LogP contribution in [0.4, 0.5) is 0 Å². The van der Waals surface area contributed by atoms with E-state index in [9.17, 15) is 9.59 Å². The van der Waals surface area contributed by atoms with Crippen molar-refractivity contribution in [1.82, 2.24) is 10.4 Å². The molecule has 1 heterocycles. The molecule has 5 rings (SSSR count). The van der Waals surface area contributed by atoms with Crippen molar-refractivity contribution in [2.24, 2.45) is 5.10 Å². The molecule has 4 aromatic carbocycles. The number of rotatable bonds is 9. The number of amides is 1. The second kappa shape index (κ2) is 13.1. The van der Waals surface area contributed by atoms with Crippen LogP contribution >= 0.6 is 31.9 Å². The van der Waals surface area contributed by atoms with E-state index in [1.165, 1.54) is 13.3 Å². The van der Waals surface area contributed by atoms with Crippen molar-refractivity contribution in [3.63, 3.8) is 0 Å². The monoisotopic (exact) mass is 705 g/mol. The first-order valence-electron chi connectivity index (χ1n) is 12.8. The third-order valence-electron chi connectivity index (χ3n) is 6.52. The van der Waals surface area contributed by atoms with Crippen LogP contribution in [0.3, 0.4) is 0 Å². The lowest BCUT2D eigenvalue weighted by Gasteiger charge is -2.11. The minimum Gasteiger partial charge on any atom is -0.497 e. The van der Waals surface area contributed by atoms with Gasteiger partial charge in [0.25, 0.3) is 5.91 Å². The summed E-state index contributed by atoms with van der Waals surface area (Å²) in [5.74, 6) is 0.787. The smallest absolute Gasteiger partial charge is 0.343 e. The van der Waals surface area contributed by atoms with Crippen molar-refractivity contribution in [2.45, 2.75) is 0 Å². The van der Waals surface area contributed by atoms with E-state index in [-0.39, 0.29) is 11.4 Å². The lowest BCUT2D eigenvalue weighted by atomic mass is 10.0. The Morgan fingerprint density at radius 1 is 0.860 bits per heavy atom. The van der Waals surface area contributed by atoms with Gasteiger partial charge in [-0.05, 0) is 64.0 Å². The third kappa shape index (κ3) is 6.27. The zero-order valence-electron chi connectivity index (χ0n) is 23.2. The van der Waals surface area contributed by atoms with E-state index in [0.717, 1.165) is 5.56 Å². The maximum Gasteiger partial charge on any atom is 0.343 e. The fourth-order valence-electron chi connectivity index (χ4n) is 4.56. The van der Waals surface area contributed by atoms with Crippen LogP contribution in [-0.4, -0.2) is 44.4 Å². The molecule has 0 aliphatic heterocycles. The zero-order valence-corrected chi connectivity index (χ0v) is 26.4. The molecular formula is C32H25Br2N3O6. The zero-order chi connectivity index (χ0) is 30.5. The van der Waals surface area contributed by atoms with Gasteiger partial charge in [-0.3, -0.25) is 4.79 Å². The van der Waals surface area contributed by atoms with Crippen LogP contribution < -0.4 is 24.4 Å². The highest BCUT2D eigenvalue weighted by Gasteiger charge is 2.24. The fraction of sp³-hybridized carbons (Fsp3) is 0.0938. The molecule has 0 saturated carbocycles. The molecule has 218 valence electrons. The molecule has 0 atom stereocenters. The van der Waals surface area contributed by atoms with Crippen molar-refractivity contribution < 1.29 is 28.5 Å². The molecule has 43 heavy (non-hydrogen) atoms. The van der Waals surface area contributed by atoms with Gasteiger partial charge in [-0.15, -0.1) is 0 Å². The number of H-pyrrole nitrogens is 1. The Bertz CT molecular complexity index is 1850. The number of esters is 1. The first kappa shape index (κ1) is 29.9. The maximum absolute atomic E-state index is 13.6. The van der Waals surface area contributed by atoms with Gasteiger partial charge in [0.15, 0.2) is 5.75 Å². The summed E-state index contributed by atoms with van der Waals surface area (Å²) in [6.45, 7) is 0. The molecule has 0 bridgehead atoms. The number of nitrogens with zero attached hydrogens (tertiary/aromatic N) is 1. The average Bonchev–Trinajstić information content (AvgIpc) is 3.43.